The molecule has 0 fully saturated rings. The number of aliphatic hydroxyl groups is 1. The van der Waals surface area contributed by atoms with E-state index in [0.29, 0.717) is 5.56 Å². The van der Waals surface area contributed by atoms with Gasteiger partial charge in [-0.1, -0.05) is 42.0 Å². The lowest BCUT2D eigenvalue weighted by atomic mass is 10.1. The van der Waals surface area contributed by atoms with Gasteiger partial charge in [0.1, 0.15) is 0 Å². The van der Waals surface area contributed by atoms with Crippen molar-refractivity contribution in [2.24, 2.45) is 0 Å². The Morgan fingerprint density at radius 2 is 1.90 bits per heavy atom. The number of rotatable bonds is 5. The Kier molecular flexibility index (Phi) is 4.90. The number of carbonyl (C=O) groups excluding carboxylic acids is 1. The molecule has 0 aliphatic carbocycles. The van der Waals surface area contributed by atoms with E-state index in [1.54, 1.807) is 13.1 Å². The summed E-state index contributed by atoms with van der Waals surface area (Å²) in [7, 11) is 0. The maximum atomic E-state index is 12.0. The fourth-order valence-electron chi connectivity index (χ4n) is 1.92. The number of ketones is 1. The summed E-state index contributed by atoms with van der Waals surface area (Å²) >= 11 is 0. The number of nitrogens with one attached hydrogen (secondary N) is 1. The summed E-state index contributed by atoms with van der Waals surface area (Å²) in [6.07, 6.45) is 2.60. The van der Waals surface area contributed by atoms with Crippen LogP contribution in [-0.4, -0.2) is 10.9 Å². The van der Waals surface area contributed by atoms with E-state index < -0.39 is 6.10 Å². The van der Waals surface area contributed by atoms with Gasteiger partial charge in [-0.2, -0.15) is 0 Å². The summed E-state index contributed by atoms with van der Waals surface area (Å²) in [6, 6.07) is 14.9. The summed E-state index contributed by atoms with van der Waals surface area (Å²) in [4.78, 5) is 12.0. The van der Waals surface area contributed by atoms with Crippen molar-refractivity contribution in [1.29, 1.82) is 0 Å². The van der Waals surface area contributed by atoms with Crippen LogP contribution >= 0.6 is 0 Å². The predicted molar refractivity (Wildman–Crippen MR) is 85.3 cm³/mol. The van der Waals surface area contributed by atoms with E-state index in [1.165, 1.54) is 6.08 Å². The number of hydrogen-bond donors (Lipinski definition) is 2. The van der Waals surface area contributed by atoms with Crippen molar-refractivity contribution in [2.45, 2.75) is 20.0 Å². The molecule has 0 saturated carbocycles. The number of aryl methyl sites for hydroxylation is 1. The highest BCUT2D eigenvalue weighted by atomic mass is 16.3. The number of allylic oxidation sites excluding steroid dienone is 1. The zero-order chi connectivity index (χ0) is 15.2. The third-order valence-electron chi connectivity index (χ3n) is 3.19. The van der Waals surface area contributed by atoms with E-state index in [9.17, 15) is 9.90 Å². The minimum atomic E-state index is -0.509. The topological polar surface area (TPSA) is 49.3 Å². The quantitative estimate of drug-likeness (QED) is 0.646. The number of anilines is 1. The standard InChI is InChI=1S/C18H19NO2/c1-13-6-8-15(9-7-13)18(21)10-11-19-17-5-3-4-16(12-17)14(2)20/h3-12,14,19-20H,1-2H3. The Hall–Kier alpha value is -2.39. The second-order valence-electron chi connectivity index (χ2n) is 5.01. The van der Waals surface area contributed by atoms with Crippen molar-refractivity contribution >= 4 is 11.5 Å². The molecule has 3 nitrogen and oxygen atoms in total. The van der Waals surface area contributed by atoms with Crippen LogP contribution in [0.25, 0.3) is 0 Å². The summed E-state index contributed by atoms with van der Waals surface area (Å²) in [5.41, 5.74) is 3.46. The molecule has 2 aromatic carbocycles. The summed E-state index contributed by atoms with van der Waals surface area (Å²) in [5.74, 6) is -0.0471. The predicted octanol–water partition coefficient (Wildman–Crippen LogP) is 3.86. The number of aliphatic hydroxyl groups excluding tert-OH is 1. The maximum absolute atomic E-state index is 12.0. The Labute approximate surface area is 124 Å². The Morgan fingerprint density at radius 3 is 2.57 bits per heavy atom. The van der Waals surface area contributed by atoms with E-state index in [2.05, 4.69) is 5.32 Å². The first kappa shape index (κ1) is 15.0. The average Bonchev–Trinajstić information content (AvgIpc) is 2.48. The smallest absolute Gasteiger partial charge is 0.187 e. The molecule has 1 unspecified atom stereocenters. The van der Waals surface area contributed by atoms with Gasteiger partial charge in [0.2, 0.25) is 0 Å². The largest absolute Gasteiger partial charge is 0.389 e. The van der Waals surface area contributed by atoms with E-state index in [1.807, 2.05) is 55.5 Å². The molecule has 0 bridgehead atoms. The van der Waals surface area contributed by atoms with Gasteiger partial charge in [0.05, 0.1) is 6.10 Å². The number of carbonyl (C=O) groups is 1. The van der Waals surface area contributed by atoms with Crippen molar-refractivity contribution in [2.75, 3.05) is 5.32 Å². The maximum Gasteiger partial charge on any atom is 0.187 e. The van der Waals surface area contributed by atoms with Gasteiger partial charge < -0.3 is 10.4 Å². The van der Waals surface area contributed by atoms with Crippen molar-refractivity contribution in [3.8, 4) is 0 Å². The lowest BCUT2D eigenvalue weighted by Gasteiger charge is -2.07. The molecule has 0 aliphatic rings. The molecule has 2 aromatic rings. The van der Waals surface area contributed by atoms with Crippen LogP contribution in [0.3, 0.4) is 0 Å². The highest BCUT2D eigenvalue weighted by Crippen LogP contribution is 2.17. The van der Waals surface area contributed by atoms with Crippen LogP contribution in [0.1, 0.15) is 34.5 Å². The van der Waals surface area contributed by atoms with Gasteiger partial charge in [-0.15, -0.1) is 0 Å². The van der Waals surface area contributed by atoms with Gasteiger partial charge in [-0.25, -0.2) is 0 Å². The zero-order valence-electron chi connectivity index (χ0n) is 12.2. The third kappa shape index (κ3) is 4.29. The average molecular weight is 281 g/mol. The van der Waals surface area contributed by atoms with E-state index >= 15 is 0 Å². The van der Waals surface area contributed by atoms with E-state index in [4.69, 9.17) is 0 Å². The fraction of sp³-hybridized carbons (Fsp3) is 0.167. The Balaban J connectivity index is 2.00. The van der Waals surface area contributed by atoms with Gasteiger partial charge >= 0.3 is 0 Å². The Morgan fingerprint density at radius 1 is 1.19 bits per heavy atom. The second-order valence-corrected chi connectivity index (χ2v) is 5.01. The van der Waals surface area contributed by atoms with Crippen LogP contribution in [0.2, 0.25) is 0 Å². The summed E-state index contributed by atoms with van der Waals surface area (Å²) in [6.45, 7) is 3.71. The third-order valence-corrected chi connectivity index (χ3v) is 3.19. The minimum absolute atomic E-state index is 0.0471. The first-order valence-corrected chi connectivity index (χ1v) is 6.88. The number of benzene rings is 2. The molecule has 0 saturated heterocycles. The molecule has 0 aliphatic heterocycles. The Bertz CT molecular complexity index is 643. The highest BCUT2D eigenvalue weighted by Gasteiger charge is 2.02. The molecule has 0 spiro atoms. The lowest BCUT2D eigenvalue weighted by Crippen LogP contribution is -1.97. The molecule has 0 heterocycles. The summed E-state index contributed by atoms with van der Waals surface area (Å²) in [5, 5.41) is 12.6. The second kappa shape index (κ2) is 6.86. The molecule has 2 rings (SSSR count). The molecule has 3 heteroatoms. The van der Waals surface area contributed by atoms with Crippen LogP contribution in [-0.2, 0) is 0 Å². The number of hydrogen-bond acceptors (Lipinski definition) is 3. The summed E-state index contributed by atoms with van der Waals surface area (Å²) < 4.78 is 0. The monoisotopic (exact) mass is 281 g/mol. The molecule has 1 atom stereocenters. The zero-order valence-corrected chi connectivity index (χ0v) is 12.2. The van der Waals surface area contributed by atoms with Gasteiger partial charge in [0.25, 0.3) is 0 Å². The van der Waals surface area contributed by atoms with Crippen molar-refractivity contribution in [1.82, 2.24) is 0 Å². The first-order valence-electron chi connectivity index (χ1n) is 6.88. The minimum Gasteiger partial charge on any atom is -0.389 e. The van der Waals surface area contributed by atoms with Crippen LogP contribution in [0, 0.1) is 6.92 Å². The lowest BCUT2D eigenvalue weighted by molar-refractivity contribution is 0.104. The molecule has 21 heavy (non-hydrogen) atoms. The molecule has 0 amide bonds. The fourth-order valence-corrected chi connectivity index (χ4v) is 1.92. The SMILES string of the molecule is Cc1ccc(C(=O)C=CNc2cccc(C(C)O)c2)cc1. The molecule has 108 valence electrons. The van der Waals surface area contributed by atoms with E-state index in [-0.39, 0.29) is 5.78 Å². The van der Waals surface area contributed by atoms with Crippen LogP contribution < -0.4 is 5.32 Å². The van der Waals surface area contributed by atoms with Crippen LogP contribution in [0.5, 0.6) is 0 Å². The van der Waals surface area contributed by atoms with Gasteiger partial charge in [0.15, 0.2) is 5.78 Å². The highest BCUT2D eigenvalue weighted by molar-refractivity contribution is 6.04. The van der Waals surface area contributed by atoms with E-state index in [0.717, 1.165) is 16.8 Å². The van der Waals surface area contributed by atoms with Gasteiger partial charge in [-0.3, -0.25) is 4.79 Å². The molecule has 2 N–H and O–H groups in total. The molecular weight excluding hydrogens is 262 g/mol. The first-order chi connectivity index (χ1) is 10.1. The molecule has 0 aromatic heterocycles. The van der Waals surface area contributed by atoms with Crippen LogP contribution in [0.4, 0.5) is 5.69 Å². The van der Waals surface area contributed by atoms with Gasteiger partial charge in [0, 0.05) is 23.5 Å². The molecular formula is C18H19NO2. The van der Waals surface area contributed by atoms with Crippen molar-refractivity contribution < 1.29 is 9.90 Å². The van der Waals surface area contributed by atoms with Crippen molar-refractivity contribution in [3.63, 3.8) is 0 Å². The normalized spacial score (nSPS) is 12.3. The molecule has 0 radical (unpaired) electrons. The van der Waals surface area contributed by atoms with Crippen molar-refractivity contribution in [3.05, 3.63) is 77.5 Å². The van der Waals surface area contributed by atoms with Crippen LogP contribution in [0.15, 0.2) is 60.8 Å². The van der Waals surface area contributed by atoms with Gasteiger partial charge in [-0.05, 0) is 31.5 Å².